The van der Waals surface area contributed by atoms with Crippen molar-refractivity contribution in [2.24, 2.45) is 0 Å². The molecule has 1 saturated heterocycles. The Morgan fingerprint density at radius 2 is 2.18 bits per heavy atom. The molecule has 1 aliphatic heterocycles. The Morgan fingerprint density at radius 1 is 1.41 bits per heavy atom. The van der Waals surface area contributed by atoms with Gasteiger partial charge in [0.25, 0.3) is 0 Å². The molecule has 94 valence electrons. The van der Waals surface area contributed by atoms with Gasteiger partial charge in [0.05, 0.1) is 0 Å². The minimum atomic E-state index is 0.311. The third kappa shape index (κ3) is 3.14. The first kappa shape index (κ1) is 13.2. The van der Waals surface area contributed by atoms with Crippen LogP contribution in [-0.4, -0.2) is 30.6 Å². The molecule has 1 fully saturated rings. The van der Waals surface area contributed by atoms with E-state index in [9.17, 15) is 0 Å². The van der Waals surface area contributed by atoms with Gasteiger partial charge in [-0.15, -0.1) is 0 Å². The maximum Gasteiger partial charge on any atom is 0.0454 e. The summed E-state index contributed by atoms with van der Waals surface area (Å²) in [6, 6.07) is 6.53. The fraction of sp³-hybridized carbons (Fsp3) is 0.538. The van der Waals surface area contributed by atoms with E-state index < -0.39 is 0 Å². The Morgan fingerprint density at radius 3 is 2.88 bits per heavy atom. The van der Waals surface area contributed by atoms with Crippen LogP contribution in [0.5, 0.6) is 0 Å². The van der Waals surface area contributed by atoms with E-state index in [4.69, 9.17) is 23.2 Å². The summed E-state index contributed by atoms with van der Waals surface area (Å²) in [7, 11) is 0. The van der Waals surface area contributed by atoms with Crippen LogP contribution in [0.1, 0.15) is 25.5 Å². The zero-order valence-electron chi connectivity index (χ0n) is 10.2. The smallest absolute Gasteiger partial charge is 0.0454 e. The van der Waals surface area contributed by atoms with Gasteiger partial charge in [-0.3, -0.25) is 4.90 Å². The summed E-state index contributed by atoms with van der Waals surface area (Å²) in [5.41, 5.74) is 1.12. The molecule has 1 N–H and O–H groups in total. The summed E-state index contributed by atoms with van der Waals surface area (Å²) in [6.07, 6.45) is 0. The molecule has 1 aromatic rings. The Hall–Kier alpha value is -0.280. The van der Waals surface area contributed by atoms with Crippen molar-refractivity contribution < 1.29 is 0 Å². The zero-order chi connectivity index (χ0) is 12.4. The van der Waals surface area contributed by atoms with Crippen LogP contribution in [0.25, 0.3) is 0 Å². The van der Waals surface area contributed by atoms with Crippen LogP contribution >= 0.6 is 23.2 Å². The van der Waals surface area contributed by atoms with Crippen LogP contribution in [0.4, 0.5) is 0 Å². The van der Waals surface area contributed by atoms with Gasteiger partial charge in [-0.2, -0.15) is 0 Å². The normalized spacial score (nSPS) is 23.6. The van der Waals surface area contributed by atoms with E-state index in [2.05, 4.69) is 24.1 Å². The lowest BCUT2D eigenvalue weighted by molar-refractivity contribution is 0.159. The molecule has 17 heavy (non-hydrogen) atoms. The third-order valence-electron chi connectivity index (χ3n) is 3.36. The lowest BCUT2D eigenvalue weighted by atomic mass is 10.1. The molecular formula is C13H18Cl2N2. The molecule has 2 nitrogen and oxygen atoms in total. The molecule has 0 amide bonds. The Bertz CT molecular complexity index is 395. The van der Waals surface area contributed by atoms with Gasteiger partial charge in [0, 0.05) is 41.8 Å². The lowest BCUT2D eigenvalue weighted by Crippen LogP contribution is -2.49. The van der Waals surface area contributed by atoms with Crippen LogP contribution in [0.2, 0.25) is 10.0 Å². The number of nitrogens with zero attached hydrogens (tertiary/aromatic N) is 1. The first-order valence-corrected chi connectivity index (χ1v) is 6.76. The minimum absolute atomic E-state index is 0.311. The summed E-state index contributed by atoms with van der Waals surface area (Å²) < 4.78 is 0. The predicted molar refractivity (Wildman–Crippen MR) is 73.9 cm³/mol. The van der Waals surface area contributed by atoms with Gasteiger partial charge >= 0.3 is 0 Å². The number of piperazine rings is 1. The number of hydrogen-bond donors (Lipinski definition) is 1. The topological polar surface area (TPSA) is 15.3 Å². The van der Waals surface area contributed by atoms with E-state index >= 15 is 0 Å². The highest BCUT2D eigenvalue weighted by molar-refractivity contribution is 6.33. The highest BCUT2D eigenvalue weighted by Gasteiger charge is 2.22. The molecule has 2 atom stereocenters. The van der Waals surface area contributed by atoms with Crippen molar-refractivity contribution in [3.63, 3.8) is 0 Å². The van der Waals surface area contributed by atoms with Crippen molar-refractivity contribution in [1.29, 1.82) is 0 Å². The molecule has 2 rings (SSSR count). The molecule has 1 aliphatic rings. The fourth-order valence-electron chi connectivity index (χ4n) is 2.35. The summed E-state index contributed by atoms with van der Waals surface area (Å²) >= 11 is 12.3. The molecule has 0 radical (unpaired) electrons. The van der Waals surface area contributed by atoms with Crippen molar-refractivity contribution in [1.82, 2.24) is 10.2 Å². The van der Waals surface area contributed by atoms with Crippen LogP contribution in [0.15, 0.2) is 18.2 Å². The summed E-state index contributed by atoms with van der Waals surface area (Å²) in [4.78, 5) is 2.44. The molecule has 0 aliphatic carbocycles. The Kier molecular flexibility index (Phi) is 4.31. The fourth-order valence-corrected chi connectivity index (χ4v) is 2.80. The lowest BCUT2D eigenvalue weighted by Gasteiger charge is -2.36. The Balaban J connectivity index is 2.18. The monoisotopic (exact) mass is 272 g/mol. The average Bonchev–Trinajstić information content (AvgIpc) is 2.31. The van der Waals surface area contributed by atoms with Crippen molar-refractivity contribution in [2.45, 2.75) is 25.9 Å². The highest BCUT2D eigenvalue weighted by Crippen LogP contribution is 2.30. The second-order valence-electron chi connectivity index (χ2n) is 4.69. The Labute approximate surface area is 113 Å². The molecule has 1 heterocycles. The number of halogens is 2. The highest BCUT2D eigenvalue weighted by atomic mass is 35.5. The molecule has 4 heteroatoms. The predicted octanol–water partition coefficient (Wildman–Crippen LogP) is 3.35. The second kappa shape index (κ2) is 5.57. The average molecular weight is 273 g/mol. The maximum absolute atomic E-state index is 6.25. The summed E-state index contributed by atoms with van der Waals surface area (Å²) in [5, 5.41) is 4.99. The number of rotatable bonds is 2. The quantitative estimate of drug-likeness (QED) is 0.889. The molecule has 2 unspecified atom stereocenters. The van der Waals surface area contributed by atoms with Crippen molar-refractivity contribution in [3.05, 3.63) is 33.8 Å². The third-order valence-corrected chi connectivity index (χ3v) is 3.94. The van der Waals surface area contributed by atoms with E-state index in [0.29, 0.717) is 12.1 Å². The van der Waals surface area contributed by atoms with Gasteiger partial charge in [0.15, 0.2) is 0 Å². The molecule has 0 bridgehead atoms. The van der Waals surface area contributed by atoms with Gasteiger partial charge in [0.1, 0.15) is 0 Å². The van der Waals surface area contributed by atoms with Gasteiger partial charge in [-0.25, -0.2) is 0 Å². The van der Waals surface area contributed by atoms with Crippen LogP contribution in [0, 0.1) is 0 Å². The SMILES string of the molecule is CC1CN(C(C)c2cc(Cl)ccc2Cl)CCN1. The summed E-state index contributed by atoms with van der Waals surface area (Å²) in [5.74, 6) is 0. The van der Waals surface area contributed by atoms with Crippen molar-refractivity contribution >= 4 is 23.2 Å². The largest absolute Gasteiger partial charge is 0.312 e. The van der Waals surface area contributed by atoms with E-state index in [1.165, 1.54) is 0 Å². The first-order chi connectivity index (χ1) is 8.08. The van der Waals surface area contributed by atoms with Crippen LogP contribution < -0.4 is 5.32 Å². The number of nitrogens with one attached hydrogen (secondary N) is 1. The van der Waals surface area contributed by atoms with Crippen molar-refractivity contribution in [2.75, 3.05) is 19.6 Å². The molecule has 0 spiro atoms. The number of benzene rings is 1. The standard InChI is InChI=1S/C13H18Cl2N2/c1-9-8-17(6-5-16-9)10(2)12-7-11(14)3-4-13(12)15/h3-4,7,9-10,16H,5-6,8H2,1-2H3. The molecular weight excluding hydrogens is 255 g/mol. The summed E-state index contributed by atoms with van der Waals surface area (Å²) in [6.45, 7) is 7.52. The minimum Gasteiger partial charge on any atom is -0.312 e. The van der Waals surface area contributed by atoms with E-state index in [1.807, 2.05) is 18.2 Å². The molecule has 1 aromatic carbocycles. The maximum atomic E-state index is 6.25. The van der Waals surface area contributed by atoms with Gasteiger partial charge < -0.3 is 5.32 Å². The molecule has 0 saturated carbocycles. The first-order valence-electron chi connectivity index (χ1n) is 6.00. The zero-order valence-corrected chi connectivity index (χ0v) is 11.7. The van der Waals surface area contributed by atoms with E-state index in [1.54, 1.807) is 0 Å². The van der Waals surface area contributed by atoms with Gasteiger partial charge in [0.2, 0.25) is 0 Å². The van der Waals surface area contributed by atoms with Gasteiger partial charge in [-0.05, 0) is 37.6 Å². The van der Waals surface area contributed by atoms with E-state index in [-0.39, 0.29) is 0 Å². The van der Waals surface area contributed by atoms with Crippen molar-refractivity contribution in [3.8, 4) is 0 Å². The van der Waals surface area contributed by atoms with Crippen LogP contribution in [0.3, 0.4) is 0 Å². The molecule has 0 aromatic heterocycles. The van der Waals surface area contributed by atoms with Crippen LogP contribution in [-0.2, 0) is 0 Å². The van der Waals surface area contributed by atoms with E-state index in [0.717, 1.165) is 35.2 Å². The number of hydrogen-bond acceptors (Lipinski definition) is 2. The second-order valence-corrected chi connectivity index (χ2v) is 5.54. The van der Waals surface area contributed by atoms with Gasteiger partial charge in [-0.1, -0.05) is 23.2 Å².